The third-order valence-corrected chi connectivity index (χ3v) is 7.21. The highest BCUT2D eigenvalue weighted by Crippen LogP contribution is 2.35. The van der Waals surface area contributed by atoms with Crippen LogP contribution in [0.1, 0.15) is 50.2 Å². The molecule has 2 heterocycles. The van der Waals surface area contributed by atoms with Gasteiger partial charge in [0.15, 0.2) is 0 Å². The zero-order valence-corrected chi connectivity index (χ0v) is 21.6. The van der Waals surface area contributed by atoms with Gasteiger partial charge in [-0.2, -0.15) is 5.26 Å². The SMILES string of the molecule is CCOC(=O)c1c(-n2c(C)cc(/C=C(/C#N)C(=O)Nc3ccc(C)c(Cl)c3)c2C)sc(C)c1C. The first-order chi connectivity index (χ1) is 16.1. The molecule has 3 aromatic rings. The molecule has 0 bridgehead atoms. The highest BCUT2D eigenvalue weighted by molar-refractivity contribution is 7.15. The number of esters is 1. The third-order valence-electron chi connectivity index (χ3n) is 5.61. The summed E-state index contributed by atoms with van der Waals surface area (Å²) in [5.41, 5.74) is 5.18. The maximum Gasteiger partial charge on any atom is 0.341 e. The van der Waals surface area contributed by atoms with E-state index in [-0.39, 0.29) is 18.1 Å². The van der Waals surface area contributed by atoms with Crippen LogP contribution in [0.2, 0.25) is 5.02 Å². The molecular formula is C26H26ClN3O3S. The number of halogens is 1. The van der Waals surface area contributed by atoms with E-state index in [0.717, 1.165) is 32.4 Å². The molecule has 1 aromatic carbocycles. The lowest BCUT2D eigenvalue weighted by Gasteiger charge is -2.11. The van der Waals surface area contributed by atoms with Crippen LogP contribution in [0, 0.1) is 45.9 Å². The molecule has 0 radical (unpaired) electrons. The van der Waals surface area contributed by atoms with E-state index < -0.39 is 5.91 Å². The molecule has 0 saturated heterocycles. The van der Waals surface area contributed by atoms with Crippen LogP contribution in [-0.2, 0) is 9.53 Å². The Morgan fingerprint density at radius 2 is 1.91 bits per heavy atom. The lowest BCUT2D eigenvalue weighted by molar-refractivity contribution is -0.112. The molecule has 0 saturated carbocycles. The van der Waals surface area contributed by atoms with Gasteiger partial charge in [0.25, 0.3) is 5.91 Å². The van der Waals surface area contributed by atoms with Crippen molar-refractivity contribution in [1.29, 1.82) is 5.26 Å². The minimum Gasteiger partial charge on any atom is -0.462 e. The van der Waals surface area contributed by atoms with Crippen LogP contribution in [0.3, 0.4) is 0 Å². The average Bonchev–Trinajstić information content (AvgIpc) is 3.22. The van der Waals surface area contributed by atoms with Crippen molar-refractivity contribution < 1.29 is 14.3 Å². The number of amides is 1. The number of aryl methyl sites for hydroxylation is 3. The number of rotatable bonds is 6. The molecule has 0 atom stereocenters. The molecule has 0 unspecified atom stereocenters. The molecule has 3 rings (SSSR count). The van der Waals surface area contributed by atoms with E-state index in [0.29, 0.717) is 21.8 Å². The monoisotopic (exact) mass is 495 g/mol. The van der Waals surface area contributed by atoms with Crippen molar-refractivity contribution in [3.8, 4) is 11.1 Å². The molecule has 0 fully saturated rings. The Hall–Kier alpha value is -3.34. The fraction of sp³-hybridized carbons (Fsp3) is 0.269. The van der Waals surface area contributed by atoms with Crippen LogP contribution in [0.25, 0.3) is 11.1 Å². The first-order valence-corrected chi connectivity index (χ1v) is 11.9. The van der Waals surface area contributed by atoms with Crippen molar-refractivity contribution >= 4 is 46.6 Å². The number of benzene rings is 1. The van der Waals surface area contributed by atoms with E-state index >= 15 is 0 Å². The minimum absolute atomic E-state index is 0.0406. The zero-order valence-electron chi connectivity index (χ0n) is 20.0. The minimum atomic E-state index is -0.526. The average molecular weight is 496 g/mol. The van der Waals surface area contributed by atoms with Crippen LogP contribution in [-0.4, -0.2) is 23.1 Å². The Balaban J connectivity index is 2.01. The summed E-state index contributed by atoms with van der Waals surface area (Å²) in [6, 6.07) is 9.06. The van der Waals surface area contributed by atoms with Gasteiger partial charge >= 0.3 is 5.97 Å². The molecule has 1 amide bonds. The molecule has 6 nitrogen and oxygen atoms in total. The van der Waals surface area contributed by atoms with Crippen molar-refractivity contribution in [2.75, 3.05) is 11.9 Å². The number of hydrogen-bond acceptors (Lipinski definition) is 5. The molecule has 1 N–H and O–H groups in total. The summed E-state index contributed by atoms with van der Waals surface area (Å²) in [5.74, 6) is -0.889. The quantitative estimate of drug-likeness (QED) is 0.242. The second kappa shape index (κ2) is 10.3. The Labute approximate surface area is 208 Å². The number of thiophene rings is 1. The van der Waals surface area contributed by atoms with Crippen LogP contribution in [0.4, 0.5) is 5.69 Å². The van der Waals surface area contributed by atoms with Gasteiger partial charge in [-0.05, 0) is 82.5 Å². The van der Waals surface area contributed by atoms with Gasteiger partial charge < -0.3 is 14.6 Å². The van der Waals surface area contributed by atoms with Crippen molar-refractivity contribution in [2.24, 2.45) is 0 Å². The number of aromatic nitrogens is 1. The molecule has 0 aliphatic rings. The summed E-state index contributed by atoms with van der Waals surface area (Å²) in [4.78, 5) is 26.5. The molecule has 0 aliphatic heterocycles. The summed E-state index contributed by atoms with van der Waals surface area (Å²) in [6.07, 6.45) is 1.56. The summed E-state index contributed by atoms with van der Waals surface area (Å²) >= 11 is 7.65. The normalized spacial score (nSPS) is 11.3. The maximum absolute atomic E-state index is 12.8. The summed E-state index contributed by atoms with van der Waals surface area (Å²) in [7, 11) is 0. The van der Waals surface area contributed by atoms with Gasteiger partial charge in [0.2, 0.25) is 0 Å². The molecular weight excluding hydrogens is 470 g/mol. The fourth-order valence-corrected chi connectivity index (χ4v) is 5.07. The number of nitrogens with one attached hydrogen (secondary N) is 1. The fourth-order valence-electron chi connectivity index (χ4n) is 3.63. The van der Waals surface area contributed by atoms with Gasteiger partial charge in [0.05, 0.1) is 12.2 Å². The zero-order chi connectivity index (χ0) is 25.2. The molecule has 0 aliphatic carbocycles. The molecule has 176 valence electrons. The third kappa shape index (κ3) is 4.93. The van der Waals surface area contributed by atoms with Crippen molar-refractivity contribution in [1.82, 2.24) is 4.57 Å². The summed E-state index contributed by atoms with van der Waals surface area (Å²) < 4.78 is 7.26. The predicted octanol–water partition coefficient (Wildman–Crippen LogP) is 6.46. The second-order valence-corrected chi connectivity index (χ2v) is 9.54. The van der Waals surface area contributed by atoms with E-state index in [1.54, 1.807) is 31.2 Å². The maximum atomic E-state index is 12.8. The Morgan fingerprint density at radius 3 is 2.53 bits per heavy atom. The van der Waals surface area contributed by atoms with E-state index in [1.807, 2.05) is 51.3 Å². The van der Waals surface area contributed by atoms with Crippen molar-refractivity contribution in [3.63, 3.8) is 0 Å². The van der Waals surface area contributed by atoms with Gasteiger partial charge in [-0.15, -0.1) is 11.3 Å². The summed E-state index contributed by atoms with van der Waals surface area (Å²) in [6.45, 7) is 11.6. The molecule has 34 heavy (non-hydrogen) atoms. The topological polar surface area (TPSA) is 84.1 Å². The van der Waals surface area contributed by atoms with Crippen molar-refractivity contribution in [2.45, 2.75) is 41.5 Å². The summed E-state index contributed by atoms with van der Waals surface area (Å²) in [5, 5.41) is 13.7. The number of ether oxygens (including phenoxy) is 1. The Kier molecular flexibility index (Phi) is 7.65. The molecule has 2 aromatic heterocycles. The van der Waals surface area contributed by atoms with E-state index in [1.165, 1.54) is 11.3 Å². The van der Waals surface area contributed by atoms with Crippen LogP contribution in [0.15, 0.2) is 29.8 Å². The van der Waals surface area contributed by atoms with Crippen LogP contribution >= 0.6 is 22.9 Å². The first-order valence-electron chi connectivity index (χ1n) is 10.7. The van der Waals surface area contributed by atoms with Crippen molar-refractivity contribution in [3.05, 3.63) is 73.4 Å². The Morgan fingerprint density at radius 1 is 1.21 bits per heavy atom. The number of anilines is 1. The molecule has 0 spiro atoms. The standard InChI is InChI=1S/C26H26ClN3O3S/c1-7-33-26(32)23-16(4)18(6)34-25(23)30-15(3)10-19(17(30)5)11-20(13-28)24(31)29-21-9-8-14(2)22(27)12-21/h8-12H,7H2,1-6H3,(H,29,31)/b20-11-. The number of carbonyl (C=O) groups is 2. The van der Waals surface area contributed by atoms with Crippen LogP contribution in [0.5, 0.6) is 0 Å². The van der Waals surface area contributed by atoms with E-state index in [4.69, 9.17) is 16.3 Å². The lowest BCUT2D eigenvalue weighted by atomic mass is 10.1. The highest BCUT2D eigenvalue weighted by atomic mass is 35.5. The predicted molar refractivity (Wildman–Crippen MR) is 137 cm³/mol. The van der Waals surface area contributed by atoms with Gasteiger partial charge in [0.1, 0.15) is 16.6 Å². The Bertz CT molecular complexity index is 1360. The number of hydrogen-bond donors (Lipinski definition) is 1. The van der Waals surface area contributed by atoms with E-state index in [2.05, 4.69) is 5.32 Å². The van der Waals surface area contributed by atoms with Gasteiger partial charge in [0, 0.05) is 27.0 Å². The smallest absolute Gasteiger partial charge is 0.341 e. The van der Waals surface area contributed by atoms with Gasteiger partial charge in [-0.1, -0.05) is 17.7 Å². The van der Waals surface area contributed by atoms with E-state index in [9.17, 15) is 14.9 Å². The highest BCUT2D eigenvalue weighted by Gasteiger charge is 2.24. The number of carbonyl (C=O) groups excluding carboxylic acids is 2. The number of nitrogens with zero attached hydrogens (tertiary/aromatic N) is 2. The lowest BCUT2D eigenvalue weighted by Crippen LogP contribution is -2.13. The second-order valence-electron chi connectivity index (χ2n) is 7.93. The van der Waals surface area contributed by atoms with Gasteiger partial charge in [-0.25, -0.2) is 4.79 Å². The van der Waals surface area contributed by atoms with Gasteiger partial charge in [-0.3, -0.25) is 4.79 Å². The number of nitriles is 1. The largest absolute Gasteiger partial charge is 0.462 e. The van der Waals surface area contributed by atoms with Crippen LogP contribution < -0.4 is 5.32 Å². The first kappa shape index (κ1) is 25.3. The molecule has 8 heteroatoms.